The van der Waals surface area contributed by atoms with Crippen LogP contribution >= 0.6 is 11.6 Å². The van der Waals surface area contributed by atoms with Gasteiger partial charge in [0.15, 0.2) is 0 Å². The Balaban J connectivity index is 1.65. The van der Waals surface area contributed by atoms with Crippen molar-refractivity contribution in [1.82, 2.24) is 19.8 Å². The average Bonchev–Trinajstić information content (AvgIpc) is 3.24. The second kappa shape index (κ2) is 9.84. The molecule has 0 saturated carbocycles. The Bertz CT molecular complexity index is 1320. The van der Waals surface area contributed by atoms with Crippen LogP contribution in [0.15, 0.2) is 54.9 Å². The van der Waals surface area contributed by atoms with Crippen LogP contribution in [-0.2, 0) is 10.0 Å². The molecule has 0 bridgehead atoms. The second-order valence-electron chi connectivity index (χ2n) is 7.77. The van der Waals surface area contributed by atoms with Crippen molar-refractivity contribution in [3.63, 3.8) is 0 Å². The van der Waals surface area contributed by atoms with Crippen LogP contribution in [0.25, 0.3) is 5.82 Å². The molecule has 178 valence electrons. The van der Waals surface area contributed by atoms with Gasteiger partial charge in [0.1, 0.15) is 11.5 Å². The maximum Gasteiger partial charge on any atom is 0.270 e. The van der Waals surface area contributed by atoms with Crippen LogP contribution in [0, 0.1) is 0 Å². The van der Waals surface area contributed by atoms with Crippen molar-refractivity contribution < 1.29 is 18.0 Å². The number of aromatic nitrogens is 2. The molecule has 2 amide bonds. The molecule has 0 atom stereocenters. The van der Waals surface area contributed by atoms with Gasteiger partial charge in [0, 0.05) is 49.3 Å². The number of pyridine rings is 1. The van der Waals surface area contributed by atoms with Gasteiger partial charge in [0.2, 0.25) is 10.0 Å². The van der Waals surface area contributed by atoms with Crippen molar-refractivity contribution in [2.24, 2.45) is 0 Å². The molecule has 0 unspecified atom stereocenters. The van der Waals surface area contributed by atoms with Crippen molar-refractivity contribution in [3.8, 4) is 5.82 Å². The van der Waals surface area contributed by atoms with Crippen LogP contribution in [0.1, 0.15) is 20.8 Å². The fourth-order valence-corrected chi connectivity index (χ4v) is 4.39. The summed E-state index contributed by atoms with van der Waals surface area (Å²) in [6, 6.07) is 11.2. The van der Waals surface area contributed by atoms with Crippen LogP contribution in [0.3, 0.4) is 0 Å². The second-order valence-corrected chi connectivity index (χ2v) is 9.96. The lowest BCUT2D eigenvalue weighted by molar-refractivity contribution is 0.0727. The van der Waals surface area contributed by atoms with Gasteiger partial charge < -0.3 is 15.5 Å². The molecule has 4 rings (SSSR count). The lowest BCUT2D eigenvalue weighted by Gasteiger charge is -2.27. The van der Waals surface area contributed by atoms with E-state index in [2.05, 4.69) is 20.3 Å². The van der Waals surface area contributed by atoms with Gasteiger partial charge in [-0.05, 0) is 36.4 Å². The summed E-state index contributed by atoms with van der Waals surface area (Å²) in [6.45, 7) is 2.52. The minimum atomic E-state index is -3.52. The summed E-state index contributed by atoms with van der Waals surface area (Å²) >= 11 is 6.09. The van der Waals surface area contributed by atoms with E-state index in [1.165, 1.54) is 24.3 Å². The predicted molar refractivity (Wildman–Crippen MR) is 130 cm³/mol. The highest BCUT2D eigenvalue weighted by Crippen LogP contribution is 2.24. The lowest BCUT2D eigenvalue weighted by atomic mass is 10.2. The van der Waals surface area contributed by atoms with E-state index in [0.29, 0.717) is 43.4 Å². The number of amides is 2. The van der Waals surface area contributed by atoms with Gasteiger partial charge in [-0.3, -0.25) is 18.9 Å². The van der Waals surface area contributed by atoms with Crippen molar-refractivity contribution in [3.05, 3.63) is 71.1 Å². The SMILES string of the molecule is CS(=O)(=O)Nc1cc(Cl)cc(NC(=O)c2cc(C(=O)N3CCNCC3)n(-c3ccccn3)c2)c1. The summed E-state index contributed by atoms with van der Waals surface area (Å²) in [5.74, 6) is -0.187. The molecule has 3 N–H and O–H groups in total. The number of rotatable bonds is 6. The van der Waals surface area contributed by atoms with E-state index < -0.39 is 15.9 Å². The van der Waals surface area contributed by atoms with Gasteiger partial charge >= 0.3 is 0 Å². The largest absolute Gasteiger partial charge is 0.335 e. The van der Waals surface area contributed by atoms with Crippen LogP contribution in [0.5, 0.6) is 0 Å². The number of hydrogen-bond acceptors (Lipinski definition) is 6. The number of anilines is 2. The van der Waals surface area contributed by atoms with Gasteiger partial charge in [-0.1, -0.05) is 17.7 Å². The Morgan fingerprint density at radius 2 is 1.82 bits per heavy atom. The first-order chi connectivity index (χ1) is 16.2. The molecule has 1 aliphatic rings. The molecule has 0 spiro atoms. The molecule has 1 aliphatic heterocycles. The first-order valence-electron chi connectivity index (χ1n) is 10.4. The molecule has 3 aromatic rings. The summed E-state index contributed by atoms with van der Waals surface area (Å²) in [4.78, 5) is 32.3. The summed E-state index contributed by atoms with van der Waals surface area (Å²) in [7, 11) is -3.52. The van der Waals surface area contributed by atoms with Gasteiger partial charge in [-0.2, -0.15) is 0 Å². The molecule has 12 heteroatoms. The van der Waals surface area contributed by atoms with Gasteiger partial charge in [0.05, 0.1) is 17.5 Å². The zero-order valence-electron chi connectivity index (χ0n) is 18.3. The number of nitrogens with zero attached hydrogens (tertiary/aromatic N) is 3. The first kappa shape index (κ1) is 23.7. The molecule has 10 nitrogen and oxygen atoms in total. The number of sulfonamides is 1. The Hall–Kier alpha value is -3.41. The zero-order valence-corrected chi connectivity index (χ0v) is 19.9. The summed E-state index contributed by atoms with van der Waals surface area (Å²) < 4.78 is 27.0. The van der Waals surface area contributed by atoms with Crippen molar-refractivity contribution in [2.45, 2.75) is 0 Å². The number of carbonyl (C=O) groups excluding carboxylic acids is 2. The van der Waals surface area contributed by atoms with Crippen molar-refractivity contribution >= 4 is 44.8 Å². The molecule has 1 fully saturated rings. The van der Waals surface area contributed by atoms with Crippen LogP contribution in [0.2, 0.25) is 5.02 Å². The maximum atomic E-state index is 13.2. The van der Waals surface area contributed by atoms with E-state index in [1.54, 1.807) is 40.1 Å². The molecule has 0 radical (unpaired) electrons. The quantitative estimate of drug-likeness (QED) is 0.474. The fraction of sp³-hybridized carbons (Fsp3) is 0.227. The molecule has 3 heterocycles. The third-order valence-corrected chi connectivity index (χ3v) is 5.89. The van der Waals surface area contributed by atoms with E-state index >= 15 is 0 Å². The number of benzene rings is 1. The third kappa shape index (κ3) is 5.74. The highest BCUT2D eigenvalue weighted by molar-refractivity contribution is 7.92. The van der Waals surface area contributed by atoms with E-state index in [-0.39, 0.29) is 22.2 Å². The number of carbonyl (C=O) groups is 2. The van der Waals surface area contributed by atoms with E-state index in [9.17, 15) is 18.0 Å². The average molecular weight is 503 g/mol. The monoisotopic (exact) mass is 502 g/mol. The predicted octanol–water partition coefficient (Wildman–Crippen LogP) is 2.19. The van der Waals surface area contributed by atoms with Gasteiger partial charge in [0.25, 0.3) is 11.8 Å². The molecule has 34 heavy (non-hydrogen) atoms. The van der Waals surface area contributed by atoms with Gasteiger partial charge in [-0.25, -0.2) is 13.4 Å². The molecule has 2 aromatic heterocycles. The van der Waals surface area contributed by atoms with Crippen molar-refractivity contribution in [1.29, 1.82) is 0 Å². The minimum Gasteiger partial charge on any atom is -0.335 e. The van der Waals surface area contributed by atoms with Crippen LogP contribution in [-0.4, -0.2) is 67.1 Å². The molecular weight excluding hydrogens is 480 g/mol. The number of hydrogen-bond donors (Lipinski definition) is 3. The molecular formula is C22H23ClN6O4S. The Morgan fingerprint density at radius 3 is 2.50 bits per heavy atom. The zero-order chi connectivity index (χ0) is 24.3. The van der Waals surface area contributed by atoms with Crippen LogP contribution < -0.4 is 15.4 Å². The maximum absolute atomic E-state index is 13.2. The fourth-order valence-electron chi connectivity index (χ4n) is 3.61. The first-order valence-corrected chi connectivity index (χ1v) is 12.7. The Morgan fingerprint density at radius 1 is 1.09 bits per heavy atom. The standard InChI is InChI=1S/C22H23ClN6O4S/c1-34(32,33)27-18-12-16(23)11-17(13-18)26-21(30)15-10-19(22(31)28-8-6-24-7-9-28)29(14-15)20-4-2-3-5-25-20/h2-5,10-14,24,27H,6-9H2,1H3,(H,26,30). The smallest absolute Gasteiger partial charge is 0.270 e. The number of piperazine rings is 1. The third-order valence-electron chi connectivity index (χ3n) is 5.06. The Kier molecular flexibility index (Phi) is 6.87. The molecule has 1 saturated heterocycles. The minimum absolute atomic E-state index is 0.200. The summed E-state index contributed by atoms with van der Waals surface area (Å²) in [5.41, 5.74) is 1.06. The lowest BCUT2D eigenvalue weighted by Crippen LogP contribution is -2.46. The van der Waals surface area contributed by atoms with E-state index in [0.717, 1.165) is 6.26 Å². The Labute approximate surface area is 202 Å². The van der Waals surface area contributed by atoms with Gasteiger partial charge in [-0.15, -0.1) is 0 Å². The molecule has 1 aromatic carbocycles. The molecule has 0 aliphatic carbocycles. The van der Waals surface area contributed by atoms with E-state index in [1.807, 2.05) is 0 Å². The normalized spacial score (nSPS) is 14.0. The highest BCUT2D eigenvalue weighted by atomic mass is 35.5. The van der Waals surface area contributed by atoms with Crippen LogP contribution in [0.4, 0.5) is 11.4 Å². The summed E-state index contributed by atoms with van der Waals surface area (Å²) in [6.07, 6.45) is 4.17. The number of nitrogens with one attached hydrogen (secondary N) is 3. The van der Waals surface area contributed by atoms with Crippen molar-refractivity contribution in [2.75, 3.05) is 42.5 Å². The number of halogens is 1. The summed E-state index contributed by atoms with van der Waals surface area (Å²) in [5, 5.41) is 6.16. The van der Waals surface area contributed by atoms with E-state index in [4.69, 9.17) is 11.6 Å². The highest BCUT2D eigenvalue weighted by Gasteiger charge is 2.24. The topological polar surface area (TPSA) is 125 Å².